The summed E-state index contributed by atoms with van der Waals surface area (Å²) in [6.07, 6.45) is 0.962. The number of aromatic nitrogens is 2. The van der Waals surface area contributed by atoms with E-state index in [-0.39, 0.29) is 5.69 Å². The van der Waals surface area contributed by atoms with Gasteiger partial charge in [-0.2, -0.15) is 0 Å². The molecule has 2 aromatic heterocycles. The Bertz CT molecular complexity index is 1070. The molecule has 2 aromatic carbocycles. The Hall–Kier alpha value is -3.44. The van der Waals surface area contributed by atoms with E-state index < -0.39 is 17.9 Å². The molecule has 0 spiro atoms. The second-order valence-corrected chi connectivity index (χ2v) is 6.38. The molecule has 0 bridgehead atoms. The predicted octanol–water partition coefficient (Wildman–Crippen LogP) is 3.30. The van der Waals surface area contributed by atoms with Crippen LogP contribution in [0.2, 0.25) is 0 Å². The Kier molecular flexibility index (Phi) is 4.44. The van der Waals surface area contributed by atoms with Gasteiger partial charge in [0, 0.05) is 6.20 Å². The average molecular weight is 357 g/mol. The van der Waals surface area contributed by atoms with Crippen molar-refractivity contribution in [3.63, 3.8) is 0 Å². The molecule has 4 rings (SSSR count). The molecule has 0 unspecified atom stereocenters. The average Bonchev–Trinajstić information content (AvgIpc) is 3.09. The number of hydrogen-bond donors (Lipinski definition) is 2. The highest BCUT2D eigenvalue weighted by Crippen LogP contribution is 2.38. The lowest BCUT2D eigenvalue weighted by atomic mass is 9.85. The lowest BCUT2D eigenvalue weighted by Crippen LogP contribution is -2.20. The second-order valence-electron chi connectivity index (χ2n) is 6.38. The molecule has 5 heteroatoms. The minimum atomic E-state index is -0.869. The summed E-state index contributed by atoms with van der Waals surface area (Å²) >= 11 is 0. The van der Waals surface area contributed by atoms with Gasteiger partial charge in [0.2, 0.25) is 0 Å². The smallest absolute Gasteiger partial charge is 0.269 e. The molecule has 134 valence electrons. The maximum Gasteiger partial charge on any atom is 0.269 e. The molecule has 0 aliphatic rings. The van der Waals surface area contributed by atoms with Crippen molar-refractivity contribution in [3.05, 3.63) is 108 Å². The van der Waals surface area contributed by atoms with Crippen molar-refractivity contribution in [3.8, 4) is 0 Å². The van der Waals surface area contributed by atoms with Crippen molar-refractivity contribution in [2.75, 3.05) is 0 Å². The van der Waals surface area contributed by atoms with Gasteiger partial charge in [-0.15, -0.1) is 0 Å². The van der Waals surface area contributed by atoms with E-state index >= 15 is 0 Å². The van der Waals surface area contributed by atoms with E-state index in [0.717, 1.165) is 11.1 Å². The van der Waals surface area contributed by atoms with Crippen LogP contribution in [0.4, 0.5) is 0 Å². The Labute approximate surface area is 156 Å². The monoisotopic (exact) mass is 357 g/mol. The van der Waals surface area contributed by atoms with E-state index in [1.54, 1.807) is 0 Å². The van der Waals surface area contributed by atoms with Crippen LogP contribution in [0.5, 0.6) is 0 Å². The highest BCUT2D eigenvalue weighted by Gasteiger charge is 2.32. The number of nitrogens with zero attached hydrogens (tertiary/aromatic N) is 2. The molecule has 2 heterocycles. The number of carbonyl (C=O) groups excluding carboxylic acids is 1. The Morgan fingerprint density at radius 2 is 1.48 bits per heavy atom. The van der Waals surface area contributed by atoms with Crippen LogP contribution in [0.25, 0.3) is 5.65 Å². The first-order chi connectivity index (χ1) is 13.2. The molecule has 0 radical (unpaired) electrons. The number of fused-ring (bicyclic) bond motifs is 1. The van der Waals surface area contributed by atoms with Crippen LogP contribution in [0.1, 0.15) is 39.3 Å². The molecule has 1 amide bonds. The van der Waals surface area contributed by atoms with Gasteiger partial charge in [-0.05, 0) is 23.3 Å². The second kappa shape index (κ2) is 7.05. The van der Waals surface area contributed by atoms with Crippen molar-refractivity contribution >= 4 is 11.6 Å². The van der Waals surface area contributed by atoms with E-state index in [1.807, 2.05) is 89.5 Å². The first-order valence-electron chi connectivity index (χ1n) is 8.71. The summed E-state index contributed by atoms with van der Waals surface area (Å²) in [7, 11) is 0. The quantitative estimate of drug-likeness (QED) is 0.575. The SMILES string of the molecule is NC(=O)c1nc2ccccn2c1[C@@H](c1ccccc1)[C@H](O)c1ccccc1. The van der Waals surface area contributed by atoms with Gasteiger partial charge < -0.3 is 15.2 Å². The largest absolute Gasteiger partial charge is 0.387 e. The Morgan fingerprint density at radius 1 is 0.889 bits per heavy atom. The molecule has 0 aliphatic heterocycles. The van der Waals surface area contributed by atoms with Crippen LogP contribution >= 0.6 is 0 Å². The Morgan fingerprint density at radius 3 is 2.11 bits per heavy atom. The van der Waals surface area contributed by atoms with Gasteiger partial charge in [-0.1, -0.05) is 66.7 Å². The van der Waals surface area contributed by atoms with Crippen molar-refractivity contribution in [2.24, 2.45) is 5.73 Å². The van der Waals surface area contributed by atoms with Gasteiger partial charge in [-0.25, -0.2) is 4.98 Å². The summed E-state index contributed by atoms with van der Waals surface area (Å²) in [6, 6.07) is 24.5. The summed E-state index contributed by atoms with van der Waals surface area (Å²) in [6.45, 7) is 0. The van der Waals surface area contributed by atoms with Gasteiger partial charge in [0.15, 0.2) is 5.69 Å². The van der Waals surface area contributed by atoms with E-state index in [4.69, 9.17) is 5.73 Å². The molecular formula is C22H19N3O2. The number of amides is 1. The molecule has 4 aromatic rings. The van der Waals surface area contributed by atoms with E-state index in [9.17, 15) is 9.90 Å². The van der Waals surface area contributed by atoms with Crippen LogP contribution in [-0.2, 0) is 0 Å². The maximum absolute atomic E-state index is 12.2. The minimum absolute atomic E-state index is 0.171. The molecule has 0 saturated heterocycles. The number of carbonyl (C=O) groups is 1. The fourth-order valence-corrected chi connectivity index (χ4v) is 3.49. The Balaban J connectivity index is 1.99. The zero-order chi connectivity index (χ0) is 18.8. The molecule has 27 heavy (non-hydrogen) atoms. The van der Waals surface area contributed by atoms with Gasteiger partial charge in [0.05, 0.1) is 17.7 Å². The van der Waals surface area contributed by atoms with Crippen LogP contribution in [-0.4, -0.2) is 20.4 Å². The van der Waals surface area contributed by atoms with Crippen LogP contribution in [0.3, 0.4) is 0 Å². The number of benzene rings is 2. The zero-order valence-corrected chi connectivity index (χ0v) is 14.6. The molecular weight excluding hydrogens is 338 g/mol. The standard InChI is InChI=1S/C22H19N3O2/c23-22(27)19-20(25-14-8-7-13-17(25)24-19)18(15-9-3-1-4-10-15)21(26)16-11-5-2-6-12-16/h1-14,18,21,26H,(H2,23,27)/t18-,21-/m1/s1. The number of aliphatic hydroxyl groups excluding tert-OH is 1. The fraction of sp³-hybridized carbons (Fsp3) is 0.0909. The maximum atomic E-state index is 12.2. The topological polar surface area (TPSA) is 80.6 Å². The fourth-order valence-electron chi connectivity index (χ4n) is 3.49. The number of imidazole rings is 1. The number of primary amides is 1. The lowest BCUT2D eigenvalue weighted by molar-refractivity contribution is 0.0992. The first-order valence-corrected chi connectivity index (χ1v) is 8.71. The third kappa shape index (κ3) is 3.09. The van der Waals surface area contributed by atoms with E-state index in [1.165, 1.54) is 0 Å². The summed E-state index contributed by atoms with van der Waals surface area (Å²) in [5.41, 5.74) is 8.64. The van der Waals surface area contributed by atoms with Crippen molar-refractivity contribution in [2.45, 2.75) is 12.0 Å². The van der Waals surface area contributed by atoms with Crippen molar-refractivity contribution in [1.82, 2.24) is 9.38 Å². The summed E-state index contributed by atoms with van der Waals surface area (Å²) in [4.78, 5) is 16.6. The van der Waals surface area contributed by atoms with Crippen LogP contribution in [0.15, 0.2) is 85.1 Å². The first kappa shape index (κ1) is 17.0. The van der Waals surface area contributed by atoms with Gasteiger partial charge in [-0.3, -0.25) is 4.79 Å². The molecule has 0 saturated carbocycles. The van der Waals surface area contributed by atoms with Crippen LogP contribution in [0, 0.1) is 0 Å². The zero-order valence-electron chi connectivity index (χ0n) is 14.6. The molecule has 5 nitrogen and oxygen atoms in total. The number of rotatable bonds is 5. The molecule has 0 fully saturated rings. The number of pyridine rings is 1. The van der Waals surface area contributed by atoms with Gasteiger partial charge in [0.25, 0.3) is 5.91 Å². The lowest BCUT2D eigenvalue weighted by Gasteiger charge is -2.24. The van der Waals surface area contributed by atoms with Crippen molar-refractivity contribution in [1.29, 1.82) is 0 Å². The van der Waals surface area contributed by atoms with Crippen LogP contribution < -0.4 is 5.73 Å². The summed E-state index contributed by atoms with van der Waals surface area (Å²) < 4.78 is 1.82. The van der Waals surface area contributed by atoms with Gasteiger partial charge in [0.1, 0.15) is 5.65 Å². The summed E-state index contributed by atoms with van der Waals surface area (Å²) in [5, 5.41) is 11.3. The highest BCUT2D eigenvalue weighted by molar-refractivity contribution is 5.93. The molecule has 0 aliphatic carbocycles. The van der Waals surface area contributed by atoms with Gasteiger partial charge >= 0.3 is 0 Å². The van der Waals surface area contributed by atoms with Crippen molar-refractivity contribution < 1.29 is 9.90 Å². The van der Waals surface area contributed by atoms with E-state index in [0.29, 0.717) is 11.3 Å². The highest BCUT2D eigenvalue weighted by atomic mass is 16.3. The number of nitrogens with two attached hydrogens (primary N) is 1. The molecule has 2 atom stereocenters. The summed E-state index contributed by atoms with van der Waals surface area (Å²) in [5.74, 6) is -1.12. The van der Waals surface area contributed by atoms with E-state index in [2.05, 4.69) is 4.98 Å². The third-order valence-electron chi connectivity index (χ3n) is 4.71. The molecule has 3 N–H and O–H groups in total. The number of aliphatic hydroxyl groups is 1. The third-order valence-corrected chi connectivity index (χ3v) is 4.71. The normalized spacial score (nSPS) is 13.4. The number of hydrogen-bond acceptors (Lipinski definition) is 3. The minimum Gasteiger partial charge on any atom is -0.387 e. The predicted molar refractivity (Wildman–Crippen MR) is 103 cm³/mol.